The van der Waals surface area contributed by atoms with E-state index in [1.165, 1.54) is 16.7 Å². The minimum absolute atomic E-state index is 0.126. The Hall–Kier alpha value is -0.920. The number of hydrogen-bond donors (Lipinski definition) is 2. The van der Waals surface area contributed by atoms with E-state index in [2.05, 4.69) is 10.2 Å². The second-order valence-electron chi connectivity index (χ2n) is 3.68. The first-order valence-corrected chi connectivity index (χ1v) is 6.29. The highest BCUT2D eigenvalue weighted by Gasteiger charge is 2.28. The van der Waals surface area contributed by atoms with Crippen molar-refractivity contribution in [3.05, 3.63) is 12.4 Å². The van der Waals surface area contributed by atoms with Crippen LogP contribution in [-0.2, 0) is 10.0 Å². The van der Waals surface area contributed by atoms with Crippen molar-refractivity contribution < 1.29 is 8.42 Å². The van der Waals surface area contributed by atoms with E-state index in [1.807, 2.05) is 0 Å². The summed E-state index contributed by atoms with van der Waals surface area (Å²) < 4.78 is 25.4. The molecule has 15 heavy (non-hydrogen) atoms. The first-order valence-electron chi connectivity index (χ1n) is 4.85. The Morgan fingerprint density at radius 2 is 2.13 bits per heavy atom. The fraction of sp³-hybridized carbons (Fsp3) is 0.625. The summed E-state index contributed by atoms with van der Waals surface area (Å²) in [6, 6.07) is 0.126. The molecule has 2 heterocycles. The molecule has 1 aromatic heterocycles. The highest BCUT2D eigenvalue weighted by molar-refractivity contribution is 7.89. The highest BCUT2D eigenvalue weighted by Crippen LogP contribution is 2.18. The van der Waals surface area contributed by atoms with Crippen molar-refractivity contribution in [3.63, 3.8) is 0 Å². The molecule has 0 unspecified atom stereocenters. The van der Waals surface area contributed by atoms with Gasteiger partial charge < -0.3 is 5.73 Å². The lowest BCUT2D eigenvalue weighted by molar-refractivity contribution is 0.320. The number of piperidine rings is 1. The summed E-state index contributed by atoms with van der Waals surface area (Å²) in [5.74, 6) is 0. The third-order valence-corrected chi connectivity index (χ3v) is 4.47. The number of nitrogens with zero attached hydrogens (tertiary/aromatic N) is 2. The summed E-state index contributed by atoms with van der Waals surface area (Å²) in [4.78, 5) is 0.220. The summed E-state index contributed by atoms with van der Waals surface area (Å²) in [5, 5.41) is 6.15. The molecule has 1 saturated heterocycles. The Labute approximate surface area is 88.5 Å². The van der Waals surface area contributed by atoms with Gasteiger partial charge in [0, 0.05) is 25.3 Å². The lowest BCUT2D eigenvalue weighted by Gasteiger charge is -2.28. The van der Waals surface area contributed by atoms with E-state index in [1.54, 1.807) is 0 Å². The molecule has 1 aromatic rings. The lowest BCUT2D eigenvalue weighted by Crippen LogP contribution is -2.42. The maximum Gasteiger partial charge on any atom is 0.246 e. The van der Waals surface area contributed by atoms with Crippen LogP contribution in [0.1, 0.15) is 12.8 Å². The Balaban J connectivity index is 2.17. The summed E-state index contributed by atoms with van der Waals surface area (Å²) in [6.45, 7) is 0.989. The number of aromatic amines is 1. The van der Waals surface area contributed by atoms with Crippen molar-refractivity contribution in [2.45, 2.75) is 23.8 Å². The number of nitrogens with one attached hydrogen (secondary N) is 1. The van der Waals surface area contributed by atoms with E-state index in [0.717, 1.165) is 12.8 Å². The van der Waals surface area contributed by atoms with Gasteiger partial charge in [-0.3, -0.25) is 5.10 Å². The molecule has 0 aliphatic carbocycles. The maximum absolute atomic E-state index is 12.0. The van der Waals surface area contributed by atoms with Gasteiger partial charge in [-0.25, -0.2) is 8.42 Å². The SMILES string of the molecule is NC1CCN(S(=O)(=O)c2cn[nH]c2)CC1. The van der Waals surface area contributed by atoms with Crippen LogP contribution in [0.25, 0.3) is 0 Å². The highest BCUT2D eigenvalue weighted by atomic mass is 32.2. The van der Waals surface area contributed by atoms with Crippen LogP contribution >= 0.6 is 0 Å². The number of rotatable bonds is 2. The van der Waals surface area contributed by atoms with E-state index in [0.29, 0.717) is 13.1 Å². The van der Waals surface area contributed by atoms with Crippen LogP contribution in [0.4, 0.5) is 0 Å². The van der Waals surface area contributed by atoms with Crippen LogP contribution in [0.5, 0.6) is 0 Å². The van der Waals surface area contributed by atoms with Crippen LogP contribution in [-0.4, -0.2) is 42.1 Å². The number of hydrogen-bond acceptors (Lipinski definition) is 4. The minimum atomic E-state index is -3.36. The third kappa shape index (κ3) is 2.04. The zero-order chi connectivity index (χ0) is 10.9. The van der Waals surface area contributed by atoms with Gasteiger partial charge in [-0.1, -0.05) is 0 Å². The fourth-order valence-corrected chi connectivity index (χ4v) is 3.02. The maximum atomic E-state index is 12.0. The van der Waals surface area contributed by atoms with Gasteiger partial charge in [-0.15, -0.1) is 0 Å². The molecule has 1 aliphatic rings. The molecule has 0 bridgehead atoms. The van der Waals surface area contributed by atoms with Crippen LogP contribution in [0.2, 0.25) is 0 Å². The van der Waals surface area contributed by atoms with Crippen LogP contribution in [0.3, 0.4) is 0 Å². The average molecular weight is 230 g/mol. The van der Waals surface area contributed by atoms with E-state index >= 15 is 0 Å². The number of sulfonamides is 1. The van der Waals surface area contributed by atoms with Crippen molar-refractivity contribution in [1.82, 2.24) is 14.5 Å². The molecule has 0 aromatic carbocycles. The average Bonchev–Trinajstić information content (AvgIpc) is 2.71. The summed E-state index contributed by atoms with van der Waals surface area (Å²) in [7, 11) is -3.36. The molecule has 84 valence electrons. The summed E-state index contributed by atoms with van der Waals surface area (Å²) in [5.41, 5.74) is 5.72. The predicted molar refractivity (Wildman–Crippen MR) is 54.6 cm³/mol. The summed E-state index contributed by atoms with van der Waals surface area (Å²) >= 11 is 0. The number of nitrogens with two attached hydrogens (primary N) is 1. The molecule has 7 heteroatoms. The number of H-pyrrole nitrogens is 1. The van der Waals surface area contributed by atoms with Crippen molar-refractivity contribution in [1.29, 1.82) is 0 Å². The first-order chi connectivity index (χ1) is 7.10. The van der Waals surface area contributed by atoms with Crippen molar-refractivity contribution in [2.24, 2.45) is 5.73 Å². The molecule has 1 aliphatic heterocycles. The Kier molecular flexibility index (Phi) is 2.76. The normalized spacial score (nSPS) is 20.6. The van der Waals surface area contributed by atoms with E-state index < -0.39 is 10.0 Å². The van der Waals surface area contributed by atoms with Gasteiger partial charge >= 0.3 is 0 Å². The van der Waals surface area contributed by atoms with Gasteiger partial charge in [0.2, 0.25) is 10.0 Å². The van der Waals surface area contributed by atoms with Crippen LogP contribution in [0, 0.1) is 0 Å². The van der Waals surface area contributed by atoms with Crippen molar-refractivity contribution in [2.75, 3.05) is 13.1 Å². The van der Waals surface area contributed by atoms with Gasteiger partial charge in [-0.05, 0) is 12.8 Å². The van der Waals surface area contributed by atoms with Gasteiger partial charge in [0.25, 0.3) is 0 Å². The van der Waals surface area contributed by atoms with Crippen LogP contribution in [0.15, 0.2) is 17.3 Å². The standard InChI is InChI=1S/C8H14N4O2S/c9-7-1-3-12(4-2-7)15(13,14)8-5-10-11-6-8/h5-7H,1-4,9H2,(H,10,11). The predicted octanol–water partition coefficient (Wildman–Crippen LogP) is -0.479. The second-order valence-corrected chi connectivity index (χ2v) is 5.61. The van der Waals surface area contributed by atoms with Gasteiger partial charge in [0.1, 0.15) is 4.90 Å². The first kappa shape index (κ1) is 10.6. The van der Waals surface area contributed by atoms with Gasteiger partial charge in [0.15, 0.2) is 0 Å². The van der Waals surface area contributed by atoms with Gasteiger partial charge in [0.05, 0.1) is 6.20 Å². The van der Waals surface area contributed by atoms with Gasteiger partial charge in [-0.2, -0.15) is 9.40 Å². The molecule has 6 nitrogen and oxygen atoms in total. The molecule has 2 rings (SSSR count). The fourth-order valence-electron chi connectivity index (χ4n) is 1.65. The molecular weight excluding hydrogens is 216 g/mol. The third-order valence-electron chi connectivity index (χ3n) is 2.61. The second kappa shape index (κ2) is 3.92. The largest absolute Gasteiger partial charge is 0.328 e. The quantitative estimate of drug-likeness (QED) is 0.718. The van der Waals surface area contributed by atoms with E-state index in [-0.39, 0.29) is 10.9 Å². The molecule has 0 spiro atoms. The van der Waals surface area contributed by atoms with E-state index in [4.69, 9.17) is 5.73 Å². The zero-order valence-electron chi connectivity index (χ0n) is 8.26. The Morgan fingerprint density at radius 3 is 2.67 bits per heavy atom. The smallest absolute Gasteiger partial charge is 0.246 e. The molecule has 3 N–H and O–H groups in total. The summed E-state index contributed by atoms with van der Waals surface area (Å²) in [6.07, 6.45) is 4.15. The molecule has 0 saturated carbocycles. The van der Waals surface area contributed by atoms with E-state index in [9.17, 15) is 8.42 Å². The molecular formula is C8H14N4O2S. The monoisotopic (exact) mass is 230 g/mol. The zero-order valence-corrected chi connectivity index (χ0v) is 9.07. The molecule has 0 radical (unpaired) electrons. The van der Waals surface area contributed by atoms with Crippen LogP contribution < -0.4 is 5.73 Å². The number of aromatic nitrogens is 2. The molecule has 0 amide bonds. The van der Waals surface area contributed by atoms with Crippen molar-refractivity contribution >= 4 is 10.0 Å². The lowest BCUT2D eigenvalue weighted by atomic mass is 10.1. The molecule has 1 fully saturated rings. The minimum Gasteiger partial charge on any atom is -0.328 e. The molecule has 0 atom stereocenters. The van der Waals surface area contributed by atoms with Crippen molar-refractivity contribution in [3.8, 4) is 0 Å². The topological polar surface area (TPSA) is 92.1 Å². The Morgan fingerprint density at radius 1 is 1.47 bits per heavy atom. The Bertz CT molecular complexity index is 406.